The minimum absolute atomic E-state index is 0.0441. The van der Waals surface area contributed by atoms with Gasteiger partial charge in [0.25, 0.3) is 11.8 Å². The van der Waals surface area contributed by atoms with Crippen LogP contribution in [0.3, 0.4) is 0 Å². The molecule has 3 aromatic carbocycles. The van der Waals surface area contributed by atoms with Crippen molar-refractivity contribution >= 4 is 46.6 Å². The van der Waals surface area contributed by atoms with Gasteiger partial charge in [0, 0.05) is 5.56 Å². The van der Waals surface area contributed by atoms with Crippen LogP contribution in [-0.2, 0) is 9.59 Å². The summed E-state index contributed by atoms with van der Waals surface area (Å²) < 4.78 is 16.2. The molecule has 1 aliphatic heterocycles. The van der Waals surface area contributed by atoms with E-state index >= 15 is 0 Å². The van der Waals surface area contributed by atoms with Crippen molar-refractivity contribution in [2.45, 2.75) is 6.92 Å². The Hall–Kier alpha value is -4.17. The number of nitrogens with zero attached hydrogens (tertiary/aromatic N) is 2. The molecular weight excluding hydrogens is 464 g/mol. The van der Waals surface area contributed by atoms with Crippen molar-refractivity contribution in [3.8, 4) is 17.2 Å². The molecule has 1 fully saturated rings. The number of anilines is 2. The smallest absolute Gasteiger partial charge is 0.270 e. The molecule has 4 rings (SSSR count). The third kappa shape index (κ3) is 4.74. The number of ether oxygens (including phenoxy) is 3. The third-order valence-corrected chi connectivity index (χ3v) is 5.79. The van der Waals surface area contributed by atoms with Crippen molar-refractivity contribution in [1.82, 2.24) is 0 Å². The molecule has 0 aliphatic carbocycles. The van der Waals surface area contributed by atoms with Gasteiger partial charge in [-0.25, -0.2) is 0 Å². The Balaban J connectivity index is 1.85. The fraction of sp³-hybridized carbons (Fsp3) is 0.148. The molecule has 0 spiro atoms. The van der Waals surface area contributed by atoms with Crippen LogP contribution in [-0.4, -0.2) is 37.8 Å². The normalized spacial score (nSPS) is 13.7. The van der Waals surface area contributed by atoms with Crippen molar-refractivity contribution < 1.29 is 23.8 Å². The summed E-state index contributed by atoms with van der Waals surface area (Å²) in [7, 11) is 3.12. The van der Waals surface area contributed by atoms with E-state index in [9.17, 15) is 9.59 Å². The standard InChI is InChI=1S/C27H24N2O5S/c1-4-34-24-8-6-5-7-18(24)17-23-25(30)28(19-9-13-21(32-2)14-10-19)27(35)29(26(23)31)20-11-15-22(33-3)16-12-20/h5-17H,4H2,1-3H3. The number of carbonyl (C=O) groups is 2. The van der Waals surface area contributed by atoms with Crippen LogP contribution in [0.1, 0.15) is 12.5 Å². The van der Waals surface area contributed by atoms with Crippen LogP contribution in [0, 0.1) is 0 Å². The minimum Gasteiger partial charge on any atom is -0.497 e. The highest BCUT2D eigenvalue weighted by atomic mass is 32.1. The zero-order chi connectivity index (χ0) is 24.9. The van der Waals surface area contributed by atoms with Crippen molar-refractivity contribution in [1.29, 1.82) is 0 Å². The molecule has 178 valence electrons. The van der Waals surface area contributed by atoms with E-state index in [1.807, 2.05) is 19.1 Å². The van der Waals surface area contributed by atoms with E-state index in [4.69, 9.17) is 26.4 Å². The first-order valence-corrected chi connectivity index (χ1v) is 11.3. The Morgan fingerprint density at radius 1 is 0.771 bits per heavy atom. The summed E-state index contributed by atoms with van der Waals surface area (Å²) in [6, 6.07) is 21.0. The average Bonchev–Trinajstić information content (AvgIpc) is 2.88. The number of hydrogen-bond donors (Lipinski definition) is 0. The molecule has 0 N–H and O–H groups in total. The van der Waals surface area contributed by atoms with E-state index in [2.05, 4.69) is 0 Å². The third-order valence-electron chi connectivity index (χ3n) is 5.43. The average molecular weight is 489 g/mol. The van der Waals surface area contributed by atoms with Gasteiger partial charge in [-0.15, -0.1) is 0 Å². The zero-order valence-electron chi connectivity index (χ0n) is 19.6. The van der Waals surface area contributed by atoms with Crippen molar-refractivity contribution in [2.75, 3.05) is 30.6 Å². The molecule has 1 heterocycles. The number of thiocarbonyl (C=S) groups is 1. The van der Waals surface area contributed by atoms with Crippen LogP contribution in [0.25, 0.3) is 6.08 Å². The lowest BCUT2D eigenvalue weighted by Gasteiger charge is -2.36. The van der Waals surface area contributed by atoms with Crippen LogP contribution in [0.5, 0.6) is 17.2 Å². The summed E-state index contributed by atoms with van der Waals surface area (Å²) in [4.78, 5) is 30.1. The highest BCUT2D eigenvalue weighted by Gasteiger charge is 2.41. The van der Waals surface area contributed by atoms with E-state index in [1.165, 1.54) is 9.80 Å². The van der Waals surface area contributed by atoms with Crippen molar-refractivity contribution in [2.24, 2.45) is 0 Å². The summed E-state index contributed by atoms with van der Waals surface area (Å²) in [6.07, 6.45) is 1.55. The molecule has 3 aromatic rings. The van der Waals surface area contributed by atoms with Gasteiger partial charge in [-0.05, 0) is 79.8 Å². The lowest BCUT2D eigenvalue weighted by Crippen LogP contribution is -2.56. The second-order valence-corrected chi connectivity index (χ2v) is 7.85. The van der Waals surface area contributed by atoms with Gasteiger partial charge in [-0.2, -0.15) is 0 Å². The quantitative estimate of drug-likeness (QED) is 0.269. The van der Waals surface area contributed by atoms with Gasteiger partial charge >= 0.3 is 0 Å². The van der Waals surface area contributed by atoms with Gasteiger partial charge in [-0.1, -0.05) is 18.2 Å². The molecule has 1 saturated heterocycles. The first kappa shape index (κ1) is 24.0. The summed E-state index contributed by atoms with van der Waals surface area (Å²) in [5.41, 5.74) is 1.59. The van der Waals surface area contributed by atoms with Crippen LogP contribution in [0.4, 0.5) is 11.4 Å². The molecule has 7 nitrogen and oxygen atoms in total. The minimum atomic E-state index is -0.527. The SMILES string of the molecule is CCOc1ccccc1C=C1C(=O)N(c2ccc(OC)cc2)C(=S)N(c2ccc(OC)cc2)C1=O. The van der Waals surface area contributed by atoms with Gasteiger partial charge in [0.2, 0.25) is 0 Å². The molecule has 0 bridgehead atoms. The van der Waals surface area contributed by atoms with Crippen molar-refractivity contribution in [3.05, 3.63) is 83.9 Å². The van der Waals surface area contributed by atoms with E-state index in [1.54, 1.807) is 81.0 Å². The molecule has 0 saturated carbocycles. The zero-order valence-corrected chi connectivity index (χ0v) is 20.4. The van der Waals surface area contributed by atoms with Gasteiger partial charge < -0.3 is 14.2 Å². The molecule has 0 radical (unpaired) electrons. The fourth-order valence-corrected chi connectivity index (χ4v) is 4.07. The largest absolute Gasteiger partial charge is 0.497 e. The second kappa shape index (κ2) is 10.4. The highest BCUT2D eigenvalue weighted by Crippen LogP contribution is 2.32. The summed E-state index contributed by atoms with van der Waals surface area (Å²) in [5.74, 6) is 0.785. The Kier molecular flexibility index (Phi) is 7.12. The second-order valence-electron chi connectivity index (χ2n) is 7.49. The summed E-state index contributed by atoms with van der Waals surface area (Å²) in [5, 5.41) is 0.0468. The number of rotatable bonds is 7. The van der Waals surface area contributed by atoms with Gasteiger partial charge in [0.05, 0.1) is 32.2 Å². The number of amides is 2. The van der Waals surface area contributed by atoms with Gasteiger partial charge in [-0.3, -0.25) is 19.4 Å². The van der Waals surface area contributed by atoms with Crippen molar-refractivity contribution in [3.63, 3.8) is 0 Å². The molecule has 2 amide bonds. The van der Waals surface area contributed by atoms with Gasteiger partial charge in [0.15, 0.2) is 5.11 Å². The van der Waals surface area contributed by atoms with E-state index < -0.39 is 11.8 Å². The lowest BCUT2D eigenvalue weighted by atomic mass is 10.0. The van der Waals surface area contributed by atoms with Crippen LogP contribution in [0.2, 0.25) is 0 Å². The molecular formula is C27H24N2O5S. The number of para-hydroxylation sites is 1. The summed E-state index contributed by atoms with van der Waals surface area (Å²) >= 11 is 5.67. The Morgan fingerprint density at radius 2 is 1.26 bits per heavy atom. The maximum Gasteiger partial charge on any atom is 0.270 e. The summed E-state index contributed by atoms with van der Waals surface area (Å²) in [6.45, 7) is 2.32. The fourth-order valence-electron chi connectivity index (χ4n) is 3.69. The highest BCUT2D eigenvalue weighted by molar-refractivity contribution is 7.81. The number of methoxy groups -OCH3 is 2. The van der Waals surface area contributed by atoms with E-state index in [-0.39, 0.29) is 10.7 Å². The molecule has 1 aliphatic rings. The predicted octanol–water partition coefficient (Wildman–Crippen LogP) is 4.85. The van der Waals surface area contributed by atoms with Crippen LogP contribution < -0.4 is 24.0 Å². The first-order valence-electron chi connectivity index (χ1n) is 10.9. The Morgan fingerprint density at radius 3 is 1.71 bits per heavy atom. The van der Waals surface area contributed by atoms with Gasteiger partial charge in [0.1, 0.15) is 22.8 Å². The van der Waals surface area contributed by atoms with Crippen LogP contribution >= 0.6 is 12.2 Å². The molecule has 8 heteroatoms. The van der Waals surface area contributed by atoms with E-state index in [0.29, 0.717) is 40.8 Å². The Bertz CT molecular complexity index is 1210. The van der Waals surface area contributed by atoms with Crippen LogP contribution in [0.15, 0.2) is 78.4 Å². The molecule has 0 atom stereocenters. The predicted molar refractivity (Wildman–Crippen MR) is 139 cm³/mol. The molecule has 0 unspecified atom stereocenters. The maximum absolute atomic E-state index is 13.7. The molecule has 0 aromatic heterocycles. The number of hydrogen-bond acceptors (Lipinski definition) is 6. The maximum atomic E-state index is 13.7. The number of benzene rings is 3. The first-order chi connectivity index (χ1) is 17.0. The lowest BCUT2D eigenvalue weighted by molar-refractivity contribution is -0.120. The van der Waals surface area contributed by atoms with E-state index in [0.717, 1.165) is 0 Å². The number of carbonyl (C=O) groups excluding carboxylic acids is 2. The monoisotopic (exact) mass is 488 g/mol. The topological polar surface area (TPSA) is 68.3 Å². The Labute approximate surface area is 209 Å². The molecule has 35 heavy (non-hydrogen) atoms.